The Morgan fingerprint density at radius 3 is 2.50 bits per heavy atom. The van der Waals surface area contributed by atoms with Crippen LogP contribution in [0.2, 0.25) is 5.02 Å². The van der Waals surface area contributed by atoms with Crippen LogP contribution in [0.4, 0.5) is 5.95 Å². The molecule has 1 aliphatic rings. The van der Waals surface area contributed by atoms with Gasteiger partial charge in [-0.25, -0.2) is 4.79 Å². The molecule has 0 bridgehead atoms. The molecule has 30 heavy (non-hydrogen) atoms. The predicted molar refractivity (Wildman–Crippen MR) is 107 cm³/mol. The molecule has 0 radical (unpaired) electrons. The second kappa shape index (κ2) is 7.96. The molecule has 2 heterocycles. The molecule has 1 aliphatic heterocycles. The maximum absolute atomic E-state index is 13.6. The molecule has 0 spiro atoms. The number of halogens is 1. The quantitative estimate of drug-likeness (QED) is 0.491. The third-order valence-electron chi connectivity index (χ3n) is 4.70. The first-order valence-electron chi connectivity index (χ1n) is 8.85. The number of aromatic nitrogens is 4. The van der Waals surface area contributed by atoms with E-state index in [9.17, 15) is 9.59 Å². The smallest absolute Gasteiger partial charge is 0.355 e. The van der Waals surface area contributed by atoms with E-state index in [1.807, 2.05) is 0 Å². The molecule has 4 rings (SSSR count). The lowest BCUT2D eigenvalue weighted by Crippen LogP contribution is -2.33. The summed E-state index contributed by atoms with van der Waals surface area (Å²) in [5.41, 5.74) is 0.973. The highest BCUT2D eigenvalue weighted by atomic mass is 35.5. The lowest BCUT2D eigenvalue weighted by molar-refractivity contribution is -0.136. The monoisotopic (exact) mass is 425 g/mol. The van der Waals surface area contributed by atoms with Gasteiger partial charge in [0.2, 0.25) is 5.95 Å². The molecule has 0 fully saturated rings. The average molecular weight is 426 g/mol. The van der Waals surface area contributed by atoms with E-state index in [1.54, 1.807) is 48.5 Å². The molecule has 9 nitrogen and oxygen atoms in total. The lowest BCUT2D eigenvalue weighted by atomic mass is 9.89. The Kier molecular flexibility index (Phi) is 5.20. The number of Topliss-reactive ketones (excluding diaryl/α,β-unsaturated/α-hetero) is 1. The highest BCUT2D eigenvalue weighted by Crippen LogP contribution is 2.39. The van der Waals surface area contributed by atoms with Gasteiger partial charge in [0.15, 0.2) is 5.78 Å². The van der Waals surface area contributed by atoms with Gasteiger partial charge in [-0.3, -0.25) is 4.79 Å². The van der Waals surface area contributed by atoms with Crippen molar-refractivity contribution in [1.29, 1.82) is 0 Å². The number of methoxy groups -OCH3 is 2. The van der Waals surface area contributed by atoms with Gasteiger partial charge in [0.1, 0.15) is 17.5 Å². The Labute approximate surface area is 176 Å². The Morgan fingerprint density at radius 1 is 1.10 bits per heavy atom. The summed E-state index contributed by atoms with van der Waals surface area (Å²) in [6.45, 7) is 0. The first-order chi connectivity index (χ1) is 14.5. The summed E-state index contributed by atoms with van der Waals surface area (Å²) in [5.74, 6) is -0.345. The first-order valence-corrected chi connectivity index (χ1v) is 9.23. The summed E-state index contributed by atoms with van der Waals surface area (Å²) in [6, 6.07) is 12.7. The van der Waals surface area contributed by atoms with Gasteiger partial charge in [-0.05, 0) is 40.8 Å². The zero-order chi connectivity index (χ0) is 21.3. The molecule has 0 saturated heterocycles. The number of allylic oxidation sites excluding steroid dienone is 1. The van der Waals surface area contributed by atoms with E-state index < -0.39 is 17.8 Å². The van der Waals surface area contributed by atoms with E-state index in [0.29, 0.717) is 21.9 Å². The minimum Gasteiger partial charge on any atom is -0.497 e. The standard InChI is InChI=1S/C20H16ClN5O4/c1-29-12-9-7-11(8-10-12)18(27)15-16(19(28)30-2)22-20-23-24-25-26(20)17(15)13-5-3-4-6-14(13)21/h3-10,17H,1-2H3,(H,22,23,25)/t17-/m1/s1. The van der Waals surface area contributed by atoms with Crippen molar-refractivity contribution in [3.8, 4) is 5.75 Å². The maximum atomic E-state index is 13.6. The van der Waals surface area contributed by atoms with Gasteiger partial charge < -0.3 is 14.8 Å². The molecular weight excluding hydrogens is 410 g/mol. The predicted octanol–water partition coefficient (Wildman–Crippen LogP) is 2.66. The summed E-state index contributed by atoms with van der Waals surface area (Å²) in [4.78, 5) is 26.2. The van der Waals surface area contributed by atoms with Crippen LogP contribution in [0.15, 0.2) is 59.8 Å². The maximum Gasteiger partial charge on any atom is 0.355 e. The van der Waals surface area contributed by atoms with Crippen molar-refractivity contribution in [3.05, 3.63) is 76.0 Å². The summed E-state index contributed by atoms with van der Waals surface area (Å²) in [6.07, 6.45) is 0. The summed E-state index contributed by atoms with van der Waals surface area (Å²) >= 11 is 6.44. The Morgan fingerprint density at radius 2 is 1.83 bits per heavy atom. The molecule has 10 heteroatoms. The van der Waals surface area contributed by atoms with Crippen molar-refractivity contribution < 1.29 is 19.1 Å². The topological polar surface area (TPSA) is 108 Å². The minimum absolute atomic E-state index is 0.0504. The van der Waals surface area contributed by atoms with Crippen molar-refractivity contribution in [2.45, 2.75) is 6.04 Å². The number of benzene rings is 2. The van der Waals surface area contributed by atoms with Crippen LogP contribution in [0.25, 0.3) is 0 Å². The molecule has 3 aromatic rings. The van der Waals surface area contributed by atoms with Crippen LogP contribution in [-0.2, 0) is 9.53 Å². The van der Waals surface area contributed by atoms with Crippen LogP contribution in [-0.4, -0.2) is 46.2 Å². The van der Waals surface area contributed by atoms with E-state index in [0.717, 1.165) is 0 Å². The molecular formula is C20H16ClN5O4. The molecule has 0 saturated carbocycles. The molecule has 1 aromatic heterocycles. The van der Waals surface area contributed by atoms with Crippen LogP contribution >= 0.6 is 11.6 Å². The fourth-order valence-electron chi connectivity index (χ4n) is 3.27. The molecule has 0 aliphatic carbocycles. The Bertz CT molecular complexity index is 1160. The number of nitrogens with zero attached hydrogens (tertiary/aromatic N) is 4. The summed E-state index contributed by atoms with van der Waals surface area (Å²) < 4.78 is 11.5. The number of nitrogens with one attached hydrogen (secondary N) is 1. The fraction of sp³-hybridized carbons (Fsp3) is 0.150. The van der Waals surface area contributed by atoms with E-state index in [1.165, 1.54) is 18.9 Å². The molecule has 2 aromatic carbocycles. The van der Waals surface area contributed by atoms with Crippen LogP contribution in [0, 0.1) is 0 Å². The normalized spacial score (nSPS) is 15.2. The number of fused-ring (bicyclic) bond motifs is 1. The second-order valence-electron chi connectivity index (χ2n) is 6.33. The second-order valence-corrected chi connectivity index (χ2v) is 6.74. The van der Waals surface area contributed by atoms with Crippen molar-refractivity contribution in [2.75, 3.05) is 19.5 Å². The molecule has 0 unspecified atom stereocenters. The summed E-state index contributed by atoms with van der Waals surface area (Å²) in [5, 5.41) is 14.8. The first kappa shape index (κ1) is 19.6. The van der Waals surface area contributed by atoms with Crippen molar-refractivity contribution >= 4 is 29.3 Å². The van der Waals surface area contributed by atoms with Gasteiger partial charge in [-0.15, -0.1) is 0 Å². The number of rotatable bonds is 5. The van der Waals surface area contributed by atoms with Crippen LogP contribution in [0.3, 0.4) is 0 Å². The number of ether oxygens (including phenoxy) is 2. The van der Waals surface area contributed by atoms with Crippen molar-refractivity contribution in [1.82, 2.24) is 20.2 Å². The number of carbonyl (C=O) groups excluding carboxylic acids is 2. The fourth-order valence-corrected chi connectivity index (χ4v) is 3.51. The SMILES string of the molecule is COC(=O)C1=C(C(=O)c2ccc(OC)cc2)[C@@H](c2ccccc2Cl)n2nnnc2N1. The zero-order valence-electron chi connectivity index (χ0n) is 16.0. The highest BCUT2D eigenvalue weighted by molar-refractivity contribution is 6.31. The van der Waals surface area contributed by atoms with Gasteiger partial charge in [0.25, 0.3) is 0 Å². The van der Waals surface area contributed by atoms with Crippen LogP contribution < -0.4 is 10.1 Å². The largest absolute Gasteiger partial charge is 0.497 e. The van der Waals surface area contributed by atoms with Crippen LogP contribution in [0.1, 0.15) is 22.0 Å². The highest BCUT2D eigenvalue weighted by Gasteiger charge is 2.39. The third-order valence-corrected chi connectivity index (χ3v) is 5.05. The average Bonchev–Trinajstić information content (AvgIpc) is 3.26. The van der Waals surface area contributed by atoms with Gasteiger partial charge in [0.05, 0.1) is 19.8 Å². The molecule has 1 atom stereocenters. The van der Waals surface area contributed by atoms with E-state index >= 15 is 0 Å². The molecule has 1 N–H and O–H groups in total. The number of anilines is 1. The number of ketones is 1. The Balaban J connectivity index is 1.94. The van der Waals surface area contributed by atoms with Crippen molar-refractivity contribution in [2.24, 2.45) is 0 Å². The summed E-state index contributed by atoms with van der Waals surface area (Å²) in [7, 11) is 2.76. The van der Waals surface area contributed by atoms with Gasteiger partial charge in [-0.1, -0.05) is 34.9 Å². The number of carbonyl (C=O) groups is 2. The number of hydrogen-bond donors (Lipinski definition) is 1. The van der Waals surface area contributed by atoms with Gasteiger partial charge in [0, 0.05) is 16.1 Å². The number of esters is 1. The lowest BCUT2D eigenvalue weighted by Gasteiger charge is -2.28. The van der Waals surface area contributed by atoms with Gasteiger partial charge in [-0.2, -0.15) is 4.68 Å². The zero-order valence-corrected chi connectivity index (χ0v) is 16.8. The molecule has 0 amide bonds. The van der Waals surface area contributed by atoms with E-state index in [2.05, 4.69) is 20.8 Å². The van der Waals surface area contributed by atoms with Crippen LogP contribution in [0.5, 0.6) is 5.75 Å². The van der Waals surface area contributed by atoms with E-state index in [4.69, 9.17) is 21.1 Å². The molecule has 152 valence electrons. The number of hydrogen-bond acceptors (Lipinski definition) is 8. The minimum atomic E-state index is -0.839. The van der Waals surface area contributed by atoms with Crippen molar-refractivity contribution in [3.63, 3.8) is 0 Å². The van der Waals surface area contributed by atoms with Gasteiger partial charge >= 0.3 is 5.97 Å². The third kappa shape index (κ3) is 3.29. The van der Waals surface area contributed by atoms with E-state index in [-0.39, 0.29) is 17.2 Å². The number of tetrazole rings is 1. The Hall–Kier alpha value is -3.72.